The van der Waals surface area contributed by atoms with Gasteiger partial charge in [0.05, 0.1) is 16.3 Å². The molecule has 2 aromatic carbocycles. The molecule has 0 spiro atoms. The number of carbonyl (C=O) groups excluding carboxylic acids is 2. The van der Waals surface area contributed by atoms with E-state index in [0.29, 0.717) is 26.3 Å². The molecule has 0 fully saturated rings. The zero-order chi connectivity index (χ0) is 17.7. The largest absolute Gasteiger partial charge is 0.329 e. The second-order valence-corrected chi connectivity index (χ2v) is 6.04. The van der Waals surface area contributed by atoms with Crippen LogP contribution in [0, 0.1) is 6.92 Å². The van der Waals surface area contributed by atoms with E-state index in [1.54, 1.807) is 43.3 Å². The second kappa shape index (κ2) is 8.15. The third-order valence-corrected chi connectivity index (χ3v) is 3.95. The molecule has 0 heterocycles. The zero-order valence-corrected chi connectivity index (χ0v) is 14.7. The molecule has 24 heavy (non-hydrogen) atoms. The average Bonchev–Trinajstić information content (AvgIpc) is 2.54. The highest BCUT2D eigenvalue weighted by molar-refractivity contribution is 6.42. The number of aryl methyl sites for hydroxylation is 1. The molecular weight excluding hydrogens is 373 g/mol. The topological polar surface area (TPSA) is 70.6 Å². The number of nitrogens with one attached hydrogen (secondary N) is 2. The fourth-order valence-corrected chi connectivity index (χ4v) is 2.20. The Kier molecular flexibility index (Phi) is 6.20. The maximum Gasteiger partial charge on any atom is 0.329 e. The molecule has 5 nitrogen and oxygen atoms in total. The van der Waals surface area contributed by atoms with E-state index in [2.05, 4.69) is 15.8 Å². The predicted octanol–water partition coefficient (Wildman–Crippen LogP) is 4.04. The Morgan fingerprint density at radius 3 is 2.46 bits per heavy atom. The van der Waals surface area contributed by atoms with E-state index in [1.165, 1.54) is 6.21 Å². The number of halogens is 3. The molecule has 0 aromatic heterocycles. The van der Waals surface area contributed by atoms with Crippen LogP contribution < -0.4 is 10.7 Å². The van der Waals surface area contributed by atoms with Crippen LogP contribution in [0.1, 0.15) is 11.1 Å². The van der Waals surface area contributed by atoms with Gasteiger partial charge in [-0.25, -0.2) is 5.43 Å². The fourth-order valence-electron chi connectivity index (χ4n) is 1.72. The first-order valence-corrected chi connectivity index (χ1v) is 7.86. The van der Waals surface area contributed by atoms with Gasteiger partial charge < -0.3 is 5.32 Å². The second-order valence-electron chi connectivity index (χ2n) is 4.79. The third-order valence-electron chi connectivity index (χ3n) is 2.98. The van der Waals surface area contributed by atoms with E-state index in [4.69, 9.17) is 34.8 Å². The predicted molar refractivity (Wildman–Crippen MR) is 97.0 cm³/mol. The molecule has 0 aliphatic heterocycles. The highest BCUT2D eigenvalue weighted by Crippen LogP contribution is 2.22. The molecule has 2 N–H and O–H groups in total. The minimum Gasteiger partial charge on any atom is -0.317 e. The van der Waals surface area contributed by atoms with Crippen LogP contribution in [0.3, 0.4) is 0 Å². The number of amides is 2. The number of nitrogens with zero attached hydrogens (tertiary/aromatic N) is 1. The number of hydrazone groups is 1. The van der Waals surface area contributed by atoms with Gasteiger partial charge in [-0.2, -0.15) is 5.10 Å². The zero-order valence-electron chi connectivity index (χ0n) is 12.4. The van der Waals surface area contributed by atoms with E-state index >= 15 is 0 Å². The molecular formula is C16H12Cl3N3O2. The van der Waals surface area contributed by atoms with Crippen molar-refractivity contribution in [3.63, 3.8) is 0 Å². The molecule has 124 valence electrons. The Bertz CT molecular complexity index is 822. The first-order valence-electron chi connectivity index (χ1n) is 6.72. The minimum absolute atomic E-state index is 0.362. The van der Waals surface area contributed by atoms with Gasteiger partial charge in [-0.1, -0.05) is 46.9 Å². The number of carbonyl (C=O) groups is 2. The Balaban J connectivity index is 1.96. The summed E-state index contributed by atoms with van der Waals surface area (Å²) in [5, 5.41) is 7.40. The van der Waals surface area contributed by atoms with Gasteiger partial charge in [0.15, 0.2) is 0 Å². The van der Waals surface area contributed by atoms with Crippen molar-refractivity contribution in [1.29, 1.82) is 0 Å². The van der Waals surface area contributed by atoms with Gasteiger partial charge in [-0.3, -0.25) is 9.59 Å². The summed E-state index contributed by atoms with van der Waals surface area (Å²) in [6.45, 7) is 1.78. The Labute approximate surface area is 153 Å². The van der Waals surface area contributed by atoms with Crippen LogP contribution in [0.15, 0.2) is 41.5 Å². The van der Waals surface area contributed by atoms with Crippen molar-refractivity contribution in [3.05, 3.63) is 62.6 Å². The normalized spacial score (nSPS) is 10.7. The van der Waals surface area contributed by atoms with Crippen molar-refractivity contribution >= 4 is 58.5 Å². The lowest BCUT2D eigenvalue weighted by atomic mass is 10.2. The van der Waals surface area contributed by atoms with Gasteiger partial charge in [0.1, 0.15) is 0 Å². The number of rotatable bonds is 3. The van der Waals surface area contributed by atoms with Crippen LogP contribution in [0.2, 0.25) is 15.1 Å². The molecule has 0 aliphatic carbocycles. The molecule has 2 rings (SSSR count). The first-order chi connectivity index (χ1) is 11.4. The van der Waals surface area contributed by atoms with Crippen LogP contribution in [0.5, 0.6) is 0 Å². The maximum atomic E-state index is 11.8. The van der Waals surface area contributed by atoms with Gasteiger partial charge in [0, 0.05) is 10.7 Å². The Morgan fingerprint density at radius 1 is 1.00 bits per heavy atom. The maximum absolute atomic E-state index is 11.8. The lowest BCUT2D eigenvalue weighted by Crippen LogP contribution is -2.32. The first kappa shape index (κ1) is 18.3. The third kappa shape index (κ3) is 4.96. The smallest absolute Gasteiger partial charge is 0.317 e. The monoisotopic (exact) mass is 383 g/mol. The number of anilines is 1. The van der Waals surface area contributed by atoms with E-state index in [-0.39, 0.29) is 0 Å². The van der Waals surface area contributed by atoms with Crippen molar-refractivity contribution in [2.75, 3.05) is 5.32 Å². The molecule has 0 bridgehead atoms. The number of benzene rings is 2. The lowest BCUT2D eigenvalue weighted by Gasteiger charge is -2.07. The standard InChI is InChI=1S/C16H12Cl3N3O2/c1-9-2-4-11(17)7-14(9)21-15(23)16(24)22-20-8-10-3-5-12(18)13(19)6-10/h2-8H,1H3,(H,21,23)(H,22,24)/b20-8-. The quantitative estimate of drug-likeness (QED) is 0.476. The Morgan fingerprint density at radius 2 is 1.75 bits per heavy atom. The van der Waals surface area contributed by atoms with Gasteiger partial charge in [-0.05, 0) is 42.3 Å². The van der Waals surface area contributed by atoms with E-state index in [9.17, 15) is 9.59 Å². The summed E-state index contributed by atoms with van der Waals surface area (Å²) < 4.78 is 0. The molecule has 0 saturated heterocycles. The van der Waals surface area contributed by atoms with Crippen molar-refractivity contribution in [3.8, 4) is 0 Å². The van der Waals surface area contributed by atoms with Crippen molar-refractivity contribution < 1.29 is 9.59 Å². The summed E-state index contributed by atoms with van der Waals surface area (Å²) in [6.07, 6.45) is 1.35. The number of hydrogen-bond donors (Lipinski definition) is 2. The Hall–Kier alpha value is -2.08. The van der Waals surface area contributed by atoms with Crippen molar-refractivity contribution in [2.45, 2.75) is 6.92 Å². The van der Waals surface area contributed by atoms with Crippen LogP contribution in [0.25, 0.3) is 0 Å². The molecule has 2 aromatic rings. The summed E-state index contributed by atoms with van der Waals surface area (Å²) in [5.74, 6) is -1.77. The van der Waals surface area contributed by atoms with Crippen molar-refractivity contribution in [1.82, 2.24) is 5.43 Å². The molecule has 0 saturated carbocycles. The van der Waals surface area contributed by atoms with Gasteiger partial charge in [0.25, 0.3) is 0 Å². The number of hydrogen-bond acceptors (Lipinski definition) is 3. The molecule has 0 unspecified atom stereocenters. The summed E-state index contributed by atoms with van der Waals surface area (Å²) in [7, 11) is 0. The average molecular weight is 385 g/mol. The molecule has 0 radical (unpaired) electrons. The molecule has 0 atom stereocenters. The van der Waals surface area contributed by atoms with Gasteiger partial charge >= 0.3 is 11.8 Å². The lowest BCUT2D eigenvalue weighted by molar-refractivity contribution is -0.136. The highest BCUT2D eigenvalue weighted by atomic mass is 35.5. The molecule has 2 amide bonds. The SMILES string of the molecule is Cc1ccc(Cl)cc1NC(=O)C(=O)N/N=C\c1ccc(Cl)c(Cl)c1. The summed E-state index contributed by atoms with van der Waals surface area (Å²) in [5.41, 5.74) is 3.98. The summed E-state index contributed by atoms with van der Waals surface area (Å²) in [6, 6.07) is 9.82. The van der Waals surface area contributed by atoms with E-state index < -0.39 is 11.8 Å². The van der Waals surface area contributed by atoms with Crippen LogP contribution in [-0.2, 0) is 9.59 Å². The van der Waals surface area contributed by atoms with Gasteiger partial charge in [0.2, 0.25) is 0 Å². The molecule has 8 heteroatoms. The van der Waals surface area contributed by atoms with Crippen molar-refractivity contribution in [2.24, 2.45) is 5.10 Å². The minimum atomic E-state index is -0.911. The van der Waals surface area contributed by atoms with Crippen LogP contribution >= 0.6 is 34.8 Å². The van der Waals surface area contributed by atoms with E-state index in [0.717, 1.165) is 5.56 Å². The van der Waals surface area contributed by atoms with Crippen LogP contribution in [0.4, 0.5) is 5.69 Å². The van der Waals surface area contributed by atoms with E-state index in [1.807, 2.05) is 0 Å². The summed E-state index contributed by atoms with van der Waals surface area (Å²) >= 11 is 17.5. The van der Waals surface area contributed by atoms with Crippen LogP contribution in [-0.4, -0.2) is 18.0 Å². The summed E-state index contributed by atoms with van der Waals surface area (Å²) in [4.78, 5) is 23.6. The molecule has 0 aliphatic rings. The fraction of sp³-hybridized carbons (Fsp3) is 0.0625. The van der Waals surface area contributed by atoms with Gasteiger partial charge in [-0.15, -0.1) is 0 Å². The highest BCUT2D eigenvalue weighted by Gasteiger charge is 2.14.